The molecule has 1 aromatic carbocycles. The maximum absolute atomic E-state index is 13.8. The van der Waals surface area contributed by atoms with Crippen molar-refractivity contribution >= 4 is 34.6 Å². The summed E-state index contributed by atoms with van der Waals surface area (Å²) in [5.41, 5.74) is 2.18. The minimum atomic E-state index is -4.63. The van der Waals surface area contributed by atoms with Crippen LogP contribution < -0.4 is 15.5 Å². The van der Waals surface area contributed by atoms with Gasteiger partial charge in [-0.1, -0.05) is 6.92 Å². The standard InChI is InChI=1S/C25H27F3N6OS/c1-3-15-12-16(34-10-8-33(2)9-11-34)4-5-19(15)31-24-30-14-18(25(26,27)28)22(32-24)21-13-17-20(36-21)6-7-29-23(17)35/h4-5,12-14H,3,6-11H2,1-2H3,(H,29,35)(H,30,31,32). The number of fused-ring (bicyclic) bond motifs is 1. The van der Waals surface area contributed by atoms with Crippen molar-refractivity contribution < 1.29 is 18.0 Å². The Morgan fingerprint density at radius 2 is 1.94 bits per heavy atom. The van der Waals surface area contributed by atoms with Gasteiger partial charge in [-0.25, -0.2) is 9.97 Å². The predicted octanol–water partition coefficient (Wildman–Crippen LogP) is 4.57. The number of rotatable bonds is 5. The summed E-state index contributed by atoms with van der Waals surface area (Å²) < 4.78 is 41.5. The van der Waals surface area contributed by atoms with Gasteiger partial charge in [0.1, 0.15) is 5.56 Å². The Morgan fingerprint density at radius 1 is 1.17 bits per heavy atom. The third-order valence-electron chi connectivity index (χ3n) is 6.60. The van der Waals surface area contributed by atoms with Gasteiger partial charge in [-0.15, -0.1) is 11.3 Å². The topological polar surface area (TPSA) is 73.4 Å². The number of nitrogens with zero attached hydrogens (tertiary/aromatic N) is 4. The molecule has 36 heavy (non-hydrogen) atoms. The van der Waals surface area contributed by atoms with Gasteiger partial charge in [0.25, 0.3) is 5.91 Å². The maximum Gasteiger partial charge on any atom is 0.420 e. The number of aromatic nitrogens is 2. The summed E-state index contributed by atoms with van der Waals surface area (Å²) in [5, 5.41) is 5.86. The van der Waals surface area contributed by atoms with Crippen molar-refractivity contribution in [3.63, 3.8) is 0 Å². The molecule has 11 heteroatoms. The molecule has 1 amide bonds. The lowest BCUT2D eigenvalue weighted by molar-refractivity contribution is -0.137. The van der Waals surface area contributed by atoms with Crippen LogP contribution in [-0.4, -0.2) is 60.5 Å². The SMILES string of the molecule is CCc1cc(N2CCN(C)CC2)ccc1Nc1ncc(C(F)(F)F)c(-c2cc3c(s2)CCNC3=O)n1. The highest BCUT2D eigenvalue weighted by atomic mass is 32.1. The first-order valence-electron chi connectivity index (χ1n) is 11.9. The molecule has 0 atom stereocenters. The zero-order chi connectivity index (χ0) is 25.4. The van der Waals surface area contributed by atoms with Gasteiger partial charge in [0.15, 0.2) is 0 Å². The molecule has 1 saturated heterocycles. The van der Waals surface area contributed by atoms with E-state index < -0.39 is 11.7 Å². The zero-order valence-electron chi connectivity index (χ0n) is 20.1. The molecule has 0 unspecified atom stereocenters. The van der Waals surface area contributed by atoms with Crippen LogP contribution in [0.2, 0.25) is 0 Å². The first kappa shape index (κ1) is 24.5. The van der Waals surface area contributed by atoms with Crippen LogP contribution in [-0.2, 0) is 19.0 Å². The predicted molar refractivity (Wildman–Crippen MR) is 135 cm³/mol. The number of amides is 1. The van der Waals surface area contributed by atoms with Gasteiger partial charge in [0.05, 0.1) is 16.1 Å². The van der Waals surface area contributed by atoms with Crippen molar-refractivity contribution in [1.82, 2.24) is 20.2 Å². The summed E-state index contributed by atoms with van der Waals surface area (Å²) in [6, 6.07) is 7.56. The summed E-state index contributed by atoms with van der Waals surface area (Å²) in [6.07, 6.45) is -2.49. The Hall–Kier alpha value is -3.18. The Balaban J connectivity index is 1.47. The number of hydrogen-bond donors (Lipinski definition) is 2. The van der Waals surface area contributed by atoms with Gasteiger partial charge in [-0.05, 0) is 49.7 Å². The highest BCUT2D eigenvalue weighted by Crippen LogP contribution is 2.40. The number of benzene rings is 1. The molecule has 0 radical (unpaired) electrons. The summed E-state index contributed by atoms with van der Waals surface area (Å²) in [5.74, 6) is -0.191. The van der Waals surface area contributed by atoms with E-state index in [1.165, 1.54) is 17.4 Å². The first-order valence-corrected chi connectivity index (χ1v) is 12.7. The number of carbonyl (C=O) groups is 1. The molecule has 0 bridgehead atoms. The Labute approximate surface area is 211 Å². The molecule has 0 saturated carbocycles. The minimum absolute atomic E-state index is 0.0795. The number of piperazine rings is 1. The number of halogens is 3. The lowest BCUT2D eigenvalue weighted by Crippen LogP contribution is -2.44. The van der Waals surface area contributed by atoms with E-state index in [1.807, 2.05) is 19.1 Å². The molecule has 2 N–H and O–H groups in total. The molecular weight excluding hydrogens is 489 g/mol. The van der Waals surface area contributed by atoms with E-state index in [0.29, 0.717) is 23.4 Å². The average molecular weight is 517 g/mol. The highest BCUT2D eigenvalue weighted by molar-refractivity contribution is 7.15. The van der Waals surface area contributed by atoms with E-state index in [4.69, 9.17) is 0 Å². The van der Waals surface area contributed by atoms with Crippen LogP contribution in [0.1, 0.15) is 33.3 Å². The molecule has 4 heterocycles. The maximum atomic E-state index is 13.8. The normalized spacial score (nSPS) is 16.6. The van der Waals surface area contributed by atoms with Crippen LogP contribution in [0.25, 0.3) is 10.6 Å². The van der Waals surface area contributed by atoms with Crippen molar-refractivity contribution in [2.45, 2.75) is 25.9 Å². The molecule has 2 aliphatic heterocycles. The number of anilines is 3. The van der Waals surface area contributed by atoms with Crippen molar-refractivity contribution in [1.29, 1.82) is 0 Å². The summed E-state index contributed by atoms with van der Waals surface area (Å²) in [4.78, 5) is 26.1. The zero-order valence-corrected chi connectivity index (χ0v) is 20.9. The number of hydrogen-bond acceptors (Lipinski definition) is 7. The van der Waals surface area contributed by atoms with Crippen molar-refractivity contribution in [3.05, 3.63) is 52.0 Å². The number of aryl methyl sites for hydroxylation is 1. The number of nitrogens with one attached hydrogen (secondary N) is 2. The van der Waals surface area contributed by atoms with Gasteiger partial charge < -0.3 is 20.4 Å². The molecule has 2 aromatic heterocycles. The molecule has 3 aromatic rings. The summed E-state index contributed by atoms with van der Waals surface area (Å²) in [6.45, 7) is 6.39. The second kappa shape index (κ2) is 9.70. The van der Waals surface area contributed by atoms with Gasteiger partial charge in [0, 0.05) is 55.2 Å². The number of alkyl halides is 3. The van der Waals surface area contributed by atoms with E-state index in [1.54, 1.807) is 0 Å². The first-order chi connectivity index (χ1) is 17.2. The fourth-order valence-electron chi connectivity index (χ4n) is 4.52. The third kappa shape index (κ3) is 4.90. The molecule has 0 spiro atoms. The molecular formula is C25H27F3N6OS. The summed E-state index contributed by atoms with van der Waals surface area (Å²) >= 11 is 1.18. The number of carbonyl (C=O) groups excluding carboxylic acids is 1. The van der Waals surface area contributed by atoms with Crippen LogP contribution in [0.4, 0.5) is 30.5 Å². The van der Waals surface area contributed by atoms with Gasteiger partial charge in [-0.3, -0.25) is 4.79 Å². The Morgan fingerprint density at radius 3 is 2.64 bits per heavy atom. The molecule has 0 aliphatic carbocycles. The van der Waals surface area contributed by atoms with E-state index in [0.717, 1.165) is 60.6 Å². The second-order valence-corrected chi connectivity index (χ2v) is 10.2. The fraction of sp³-hybridized carbons (Fsp3) is 0.400. The molecule has 1 fully saturated rings. The van der Waals surface area contributed by atoms with E-state index in [2.05, 4.69) is 43.5 Å². The largest absolute Gasteiger partial charge is 0.420 e. The second-order valence-electron chi connectivity index (χ2n) is 9.02. The highest BCUT2D eigenvalue weighted by Gasteiger charge is 2.36. The van der Waals surface area contributed by atoms with Crippen molar-refractivity contribution in [2.75, 3.05) is 50.0 Å². The smallest absolute Gasteiger partial charge is 0.369 e. The van der Waals surface area contributed by atoms with E-state index >= 15 is 0 Å². The van der Waals surface area contributed by atoms with Crippen LogP contribution in [0.5, 0.6) is 0 Å². The van der Waals surface area contributed by atoms with Gasteiger partial charge >= 0.3 is 6.18 Å². The molecule has 5 rings (SSSR count). The van der Waals surface area contributed by atoms with E-state index in [-0.39, 0.29) is 17.5 Å². The summed E-state index contributed by atoms with van der Waals surface area (Å²) in [7, 11) is 2.11. The number of thiophene rings is 1. The quantitative estimate of drug-likeness (QED) is 0.518. The monoisotopic (exact) mass is 516 g/mol. The minimum Gasteiger partial charge on any atom is -0.369 e. The van der Waals surface area contributed by atoms with Crippen LogP contribution in [0.3, 0.4) is 0 Å². The third-order valence-corrected chi connectivity index (χ3v) is 7.80. The van der Waals surface area contributed by atoms with Gasteiger partial charge in [0.2, 0.25) is 5.95 Å². The molecule has 190 valence electrons. The molecule has 2 aliphatic rings. The van der Waals surface area contributed by atoms with E-state index in [9.17, 15) is 18.0 Å². The van der Waals surface area contributed by atoms with Crippen molar-refractivity contribution in [2.24, 2.45) is 0 Å². The van der Waals surface area contributed by atoms with Gasteiger partial charge in [-0.2, -0.15) is 13.2 Å². The average Bonchev–Trinajstić information content (AvgIpc) is 3.30. The van der Waals surface area contributed by atoms with Crippen LogP contribution >= 0.6 is 11.3 Å². The molecule has 7 nitrogen and oxygen atoms in total. The lowest BCUT2D eigenvalue weighted by atomic mass is 10.1. The Bertz CT molecular complexity index is 1280. The number of likely N-dealkylation sites (N-methyl/N-ethyl adjacent to an activating group) is 1. The lowest BCUT2D eigenvalue weighted by Gasteiger charge is -2.34. The Kier molecular flexibility index (Phi) is 6.60. The van der Waals surface area contributed by atoms with Crippen molar-refractivity contribution in [3.8, 4) is 10.6 Å². The fourth-order valence-corrected chi connectivity index (χ4v) is 5.68. The van der Waals surface area contributed by atoms with Crippen LogP contribution in [0, 0.1) is 0 Å². The van der Waals surface area contributed by atoms with Crippen LogP contribution in [0.15, 0.2) is 30.5 Å².